The molecule has 0 spiro atoms. The summed E-state index contributed by atoms with van der Waals surface area (Å²) in [6.07, 6.45) is -1.67. The Labute approximate surface area is 585 Å². The number of hydrogen-bond donors (Lipinski definition) is 6. The predicted octanol–water partition coefficient (Wildman–Crippen LogP) is 14.1. The third-order valence-corrected chi connectivity index (χ3v) is 16.2. The van der Waals surface area contributed by atoms with Crippen molar-refractivity contribution in [2.75, 3.05) is 53.9 Å². The fraction of sp³-hybridized carbons (Fsp3) is 0.296. The van der Waals surface area contributed by atoms with Crippen LogP contribution in [0.5, 0.6) is 23.0 Å². The maximum absolute atomic E-state index is 13.1. The van der Waals surface area contributed by atoms with E-state index >= 15 is 0 Å². The Morgan fingerprint density at radius 3 is 1.09 bits per heavy atom. The molecule has 528 valence electrons. The van der Waals surface area contributed by atoms with E-state index in [0.717, 1.165) is 78.0 Å². The van der Waals surface area contributed by atoms with Gasteiger partial charge in [0.15, 0.2) is 0 Å². The summed E-state index contributed by atoms with van der Waals surface area (Å²) in [5.74, 6) is -0.637. The molecule has 0 bridgehead atoms. The number of carbonyl (C=O) groups is 4. The van der Waals surface area contributed by atoms with Crippen LogP contribution in [0.15, 0.2) is 188 Å². The number of amides is 1. The zero-order valence-corrected chi connectivity index (χ0v) is 55.3. The minimum absolute atomic E-state index is 0. The van der Waals surface area contributed by atoms with Gasteiger partial charge in [0.2, 0.25) is 0 Å². The van der Waals surface area contributed by atoms with Crippen molar-refractivity contribution >= 4 is 23.8 Å². The number of aliphatic hydroxyl groups excluding tert-OH is 3. The van der Waals surface area contributed by atoms with E-state index in [0.29, 0.717) is 53.8 Å². The number of carbonyl (C=O) groups excluding carboxylic acids is 3. The third kappa shape index (κ3) is 21.9. The van der Waals surface area contributed by atoms with Crippen molar-refractivity contribution in [1.82, 2.24) is 10.3 Å². The van der Waals surface area contributed by atoms with Crippen LogP contribution < -0.4 is 19.5 Å². The summed E-state index contributed by atoms with van der Waals surface area (Å²) in [4.78, 5) is 52.2. The first-order valence-corrected chi connectivity index (χ1v) is 31.6. The number of pyridine rings is 1. The number of phenolic OH excluding ortho intramolecular Hbond substituents is 1. The summed E-state index contributed by atoms with van der Waals surface area (Å²) in [6.45, 7) is 13.6. The number of aromatic hydroxyl groups is 1. The molecule has 3 aliphatic rings. The second-order valence-electron chi connectivity index (χ2n) is 24.0. The number of methoxy groups -OCH3 is 2. The molecule has 0 radical (unpaired) electrons. The Kier molecular flexibility index (Phi) is 29.2. The monoisotopic (exact) mass is 1360 g/mol. The molecule has 1 aromatic heterocycles. The van der Waals surface area contributed by atoms with Gasteiger partial charge in [0.1, 0.15) is 59.6 Å². The lowest BCUT2D eigenvalue weighted by atomic mass is 10.0. The zero-order chi connectivity index (χ0) is 69.3. The van der Waals surface area contributed by atoms with E-state index in [-0.39, 0.29) is 65.4 Å². The minimum atomic E-state index is -1.02. The average molecular weight is 1370 g/mol. The lowest BCUT2D eigenvalue weighted by molar-refractivity contribution is 0.0590. The lowest BCUT2D eigenvalue weighted by Gasteiger charge is -2.18. The Hall–Kier alpha value is -10.3. The summed E-state index contributed by atoms with van der Waals surface area (Å²) >= 11 is 0. The molecule has 6 N–H and O–H groups in total. The molecule has 19 nitrogen and oxygen atoms in total. The predicted molar refractivity (Wildman–Crippen MR) is 387 cm³/mol. The molecule has 3 saturated heterocycles. The standard InChI is InChI=1S/C26H28N2O4.C19H20O5.C18H18O5.C15H14O3.3CH4/c1-16-4-7-19(8-5-16)21-10-22(12-23(11-21)32-25-15-31-14-24(25)29)26(30)28-18(3)20-9-6-17(2)27-13-20;1-12-3-5-13(6-4-12)14-7-15(19(21)22-2)9-16(8-14)24-18-11-23-10-17(18)20;1-11-2-4-12(5-3-11)13-6-14(18(20)21)8-15(7-13)23-17-10-22-9-16(17)19;1-10-3-5-11(6-4-10)12-7-13(15(17)18-2)9-14(16)8-12;;;/h4-13,18,24-25,29H,14-15H2,1-3H3,(H,28,30);3-9,17-18,20H,10-11H2,1-2H3;2-8,16-17,19H,9-10H2,1H3,(H,20,21);3-9,16H,1-2H3;3*1H4/t18-,24?,25?;;;;;;/m1....../s1. The lowest BCUT2D eigenvalue weighted by Crippen LogP contribution is -2.30. The molecule has 3 fully saturated rings. The molecule has 12 rings (SSSR count). The number of aromatic carboxylic acids is 1. The van der Waals surface area contributed by atoms with Crippen LogP contribution >= 0.6 is 0 Å². The number of nitrogens with one attached hydrogen (secondary N) is 1. The number of nitrogens with zero attached hydrogens (tertiary/aromatic N) is 1. The van der Waals surface area contributed by atoms with E-state index in [1.54, 1.807) is 48.7 Å². The van der Waals surface area contributed by atoms with Gasteiger partial charge in [-0.15, -0.1) is 0 Å². The molecule has 6 unspecified atom stereocenters. The fourth-order valence-electron chi connectivity index (χ4n) is 10.5. The highest BCUT2D eigenvalue weighted by Gasteiger charge is 2.31. The third-order valence-electron chi connectivity index (χ3n) is 16.2. The van der Waals surface area contributed by atoms with Crippen molar-refractivity contribution in [2.45, 2.75) is 106 Å². The van der Waals surface area contributed by atoms with Gasteiger partial charge >= 0.3 is 17.9 Å². The van der Waals surface area contributed by atoms with Crippen molar-refractivity contribution in [3.8, 4) is 67.5 Å². The van der Waals surface area contributed by atoms with Crippen LogP contribution in [0.1, 0.15) is 110 Å². The van der Waals surface area contributed by atoms with E-state index in [2.05, 4.69) is 15.0 Å². The Balaban J connectivity index is 0.000000212. The molecular formula is C81H92N2O17. The number of carboxylic acid groups (broad SMARTS) is 1. The molecule has 9 aromatic rings. The van der Waals surface area contributed by atoms with Gasteiger partial charge < -0.3 is 68.7 Å². The van der Waals surface area contributed by atoms with Crippen molar-refractivity contribution in [1.29, 1.82) is 0 Å². The number of aryl methyl sites for hydroxylation is 5. The largest absolute Gasteiger partial charge is 0.508 e. The van der Waals surface area contributed by atoms with E-state index in [9.17, 15) is 44.7 Å². The normalized spacial score (nSPS) is 17.4. The summed E-state index contributed by atoms with van der Waals surface area (Å²) in [5.41, 5.74) is 14.9. The summed E-state index contributed by atoms with van der Waals surface area (Å²) in [6, 6.07) is 55.7. The topological polar surface area (TPSA) is 268 Å². The molecule has 100 heavy (non-hydrogen) atoms. The van der Waals surface area contributed by atoms with Crippen molar-refractivity contribution < 1.29 is 82.6 Å². The highest BCUT2D eigenvalue weighted by molar-refractivity contribution is 5.96. The number of rotatable bonds is 16. The number of aromatic nitrogens is 1. The van der Waals surface area contributed by atoms with Gasteiger partial charge in [-0.05, 0) is 170 Å². The quantitative estimate of drug-likeness (QED) is 0.0491. The van der Waals surface area contributed by atoms with Crippen LogP contribution in [0.25, 0.3) is 44.5 Å². The molecular weight excluding hydrogens is 1270 g/mol. The van der Waals surface area contributed by atoms with Gasteiger partial charge in [-0.1, -0.05) is 148 Å². The number of carboxylic acids is 1. The van der Waals surface area contributed by atoms with Crippen LogP contribution in [0, 0.1) is 34.6 Å². The van der Waals surface area contributed by atoms with Crippen LogP contribution in [0.3, 0.4) is 0 Å². The van der Waals surface area contributed by atoms with Gasteiger partial charge in [0.05, 0.1) is 76.6 Å². The van der Waals surface area contributed by atoms with Crippen molar-refractivity contribution in [3.05, 3.63) is 244 Å². The van der Waals surface area contributed by atoms with Crippen molar-refractivity contribution in [2.24, 2.45) is 0 Å². The molecule has 0 saturated carbocycles. The fourth-order valence-corrected chi connectivity index (χ4v) is 10.5. The Morgan fingerprint density at radius 2 is 0.760 bits per heavy atom. The summed E-state index contributed by atoms with van der Waals surface area (Å²) in [7, 11) is 2.66. The molecule has 8 aromatic carbocycles. The van der Waals surface area contributed by atoms with Crippen molar-refractivity contribution in [3.63, 3.8) is 0 Å². The second-order valence-corrected chi connectivity index (χ2v) is 24.0. The molecule has 4 heterocycles. The number of aliphatic hydroxyl groups is 3. The molecule has 3 aliphatic heterocycles. The molecule has 7 atom stereocenters. The first kappa shape index (κ1) is 78.7. The molecule has 0 aliphatic carbocycles. The number of benzene rings is 8. The van der Waals surface area contributed by atoms with Gasteiger partial charge in [-0.3, -0.25) is 9.78 Å². The maximum Gasteiger partial charge on any atom is 0.338 e. The maximum atomic E-state index is 13.1. The van der Waals surface area contributed by atoms with E-state index in [1.807, 2.05) is 169 Å². The van der Waals surface area contributed by atoms with E-state index < -0.39 is 54.5 Å². The summed E-state index contributed by atoms with van der Waals surface area (Å²) in [5, 5.41) is 51.7. The van der Waals surface area contributed by atoms with Gasteiger partial charge in [0.25, 0.3) is 5.91 Å². The number of hydrogen-bond acceptors (Lipinski definition) is 17. The van der Waals surface area contributed by atoms with E-state index in [1.165, 1.54) is 26.4 Å². The highest BCUT2D eigenvalue weighted by atomic mass is 16.6. The Bertz CT molecular complexity index is 4140. The molecule has 19 heteroatoms. The van der Waals surface area contributed by atoms with Crippen LogP contribution in [0.2, 0.25) is 0 Å². The van der Waals surface area contributed by atoms with Crippen LogP contribution in [0.4, 0.5) is 0 Å². The number of ether oxygens (including phenoxy) is 8. The van der Waals surface area contributed by atoms with E-state index in [4.69, 9.17) is 33.2 Å². The van der Waals surface area contributed by atoms with Gasteiger partial charge in [-0.25, -0.2) is 14.4 Å². The van der Waals surface area contributed by atoms with Gasteiger partial charge in [-0.2, -0.15) is 0 Å². The summed E-state index contributed by atoms with van der Waals surface area (Å²) < 4.78 is 42.7. The smallest absolute Gasteiger partial charge is 0.338 e. The minimum Gasteiger partial charge on any atom is -0.508 e. The zero-order valence-electron chi connectivity index (χ0n) is 55.3. The van der Waals surface area contributed by atoms with Gasteiger partial charge in [0, 0.05) is 17.5 Å². The Morgan fingerprint density at radius 1 is 0.430 bits per heavy atom. The van der Waals surface area contributed by atoms with Crippen LogP contribution in [-0.4, -0.2) is 145 Å². The highest BCUT2D eigenvalue weighted by Crippen LogP contribution is 2.33. The first-order valence-electron chi connectivity index (χ1n) is 31.6. The second kappa shape index (κ2) is 37.1. The van der Waals surface area contributed by atoms with Crippen LogP contribution in [-0.2, 0) is 23.7 Å². The average Bonchev–Trinajstić information content (AvgIpc) is 1.65. The number of phenols is 1. The SMILES string of the molecule is C.C.C.COC(=O)c1cc(O)cc(-c2ccc(C)cc2)c1.COC(=O)c1cc(OC2COCC2O)cc(-c2ccc(C)cc2)c1.Cc1ccc(-c2cc(OC3COCC3O)cc(C(=O)N[C@H](C)c3ccc(C)nc3)c2)cc1.Cc1ccc(-c2cc(OC3COCC3O)cc(C(=O)O)c2)cc1. The molecule has 1 amide bonds. The first-order chi connectivity index (χ1) is 46.6. The number of esters is 2.